The number of anilines is 1. The first kappa shape index (κ1) is 17.2. The molecule has 0 saturated heterocycles. The Labute approximate surface area is 158 Å². The molecule has 0 saturated carbocycles. The van der Waals surface area contributed by atoms with Gasteiger partial charge in [0.1, 0.15) is 24.5 Å². The first-order valence-corrected chi connectivity index (χ1v) is 9.10. The lowest BCUT2D eigenvalue weighted by molar-refractivity contribution is -0.124. The summed E-state index contributed by atoms with van der Waals surface area (Å²) >= 11 is 0. The summed E-state index contributed by atoms with van der Waals surface area (Å²) in [4.78, 5) is 23.2. The van der Waals surface area contributed by atoms with Gasteiger partial charge in [-0.1, -0.05) is 30.3 Å². The van der Waals surface area contributed by atoms with Crippen LogP contribution in [0.1, 0.15) is 29.7 Å². The molecular weight excluding hydrogens is 340 g/mol. The fourth-order valence-corrected chi connectivity index (χ4v) is 3.40. The minimum Gasteiger partial charge on any atom is -0.352 e. The molecule has 0 spiro atoms. The van der Waals surface area contributed by atoms with E-state index in [1.54, 1.807) is 24.1 Å². The average molecular weight is 362 g/mol. The van der Waals surface area contributed by atoms with Gasteiger partial charge >= 0.3 is 0 Å². The molecule has 1 unspecified atom stereocenters. The van der Waals surface area contributed by atoms with Crippen molar-refractivity contribution in [1.82, 2.24) is 25.1 Å². The molecular formula is C20H22N6O. The highest BCUT2D eigenvalue weighted by Crippen LogP contribution is 2.25. The van der Waals surface area contributed by atoms with Crippen LogP contribution in [0.4, 0.5) is 5.82 Å². The Balaban J connectivity index is 1.46. The van der Waals surface area contributed by atoms with Crippen LogP contribution in [0.15, 0.2) is 55.2 Å². The molecule has 3 aromatic rings. The van der Waals surface area contributed by atoms with Crippen molar-refractivity contribution in [1.29, 1.82) is 0 Å². The van der Waals surface area contributed by atoms with Crippen LogP contribution in [-0.4, -0.2) is 32.2 Å². The molecule has 4 rings (SSSR count). The predicted octanol–water partition coefficient (Wildman–Crippen LogP) is 2.11. The van der Waals surface area contributed by atoms with Gasteiger partial charge in [0.25, 0.3) is 0 Å². The summed E-state index contributed by atoms with van der Waals surface area (Å²) < 4.78 is 1.54. The maximum Gasteiger partial charge on any atom is 0.244 e. The number of hydrogen-bond acceptors (Lipinski definition) is 5. The minimum absolute atomic E-state index is 0.0979. The van der Waals surface area contributed by atoms with Crippen molar-refractivity contribution >= 4 is 11.7 Å². The number of rotatable bonds is 5. The number of benzene rings is 1. The lowest BCUT2D eigenvalue weighted by atomic mass is 9.99. The van der Waals surface area contributed by atoms with Gasteiger partial charge < -0.3 is 10.2 Å². The van der Waals surface area contributed by atoms with Crippen LogP contribution >= 0.6 is 0 Å². The maximum atomic E-state index is 12.4. The first-order valence-electron chi connectivity index (χ1n) is 9.10. The summed E-state index contributed by atoms with van der Waals surface area (Å²) in [7, 11) is 0. The van der Waals surface area contributed by atoms with Gasteiger partial charge in [0.15, 0.2) is 0 Å². The van der Waals surface area contributed by atoms with E-state index in [-0.39, 0.29) is 5.91 Å². The summed E-state index contributed by atoms with van der Waals surface area (Å²) in [5.41, 5.74) is 3.75. The number of carbonyl (C=O) groups excluding carboxylic acids is 1. The van der Waals surface area contributed by atoms with E-state index in [9.17, 15) is 4.79 Å². The standard InChI is InChI=1S/C20H22N6O/c1-15(26-14-21-13-24-26)20(27)23-11-17-7-4-9-22-19(17)25-10-8-16-5-2-3-6-18(16)12-25/h2-7,9,13-15H,8,10-12H2,1H3,(H,23,27). The van der Waals surface area contributed by atoms with Crippen LogP contribution < -0.4 is 10.2 Å². The largest absolute Gasteiger partial charge is 0.352 e. The smallest absolute Gasteiger partial charge is 0.244 e. The fourth-order valence-electron chi connectivity index (χ4n) is 3.40. The summed E-state index contributed by atoms with van der Waals surface area (Å²) in [5, 5.41) is 7.02. The molecule has 7 heteroatoms. The molecule has 3 heterocycles. The molecule has 27 heavy (non-hydrogen) atoms. The molecule has 0 bridgehead atoms. The van der Waals surface area contributed by atoms with Crippen molar-refractivity contribution < 1.29 is 4.79 Å². The number of nitrogens with zero attached hydrogens (tertiary/aromatic N) is 5. The molecule has 1 aliphatic heterocycles. The maximum absolute atomic E-state index is 12.4. The van der Waals surface area contributed by atoms with Gasteiger partial charge in [-0.2, -0.15) is 5.10 Å². The second kappa shape index (κ2) is 7.57. The van der Waals surface area contributed by atoms with Crippen molar-refractivity contribution in [3.8, 4) is 0 Å². The first-order chi connectivity index (χ1) is 13.2. The average Bonchev–Trinajstić information content (AvgIpc) is 3.26. The van der Waals surface area contributed by atoms with Crippen LogP contribution in [0.25, 0.3) is 0 Å². The lowest BCUT2D eigenvalue weighted by Gasteiger charge is -2.31. The molecule has 1 aliphatic rings. The van der Waals surface area contributed by atoms with Gasteiger partial charge in [0.05, 0.1) is 0 Å². The van der Waals surface area contributed by atoms with Gasteiger partial charge in [-0.15, -0.1) is 0 Å². The Morgan fingerprint density at radius 3 is 2.89 bits per heavy atom. The minimum atomic E-state index is -0.408. The Morgan fingerprint density at radius 1 is 1.22 bits per heavy atom. The van der Waals surface area contributed by atoms with Crippen LogP contribution in [0.5, 0.6) is 0 Å². The predicted molar refractivity (Wildman–Crippen MR) is 102 cm³/mol. The molecule has 2 aromatic heterocycles. The third-order valence-electron chi connectivity index (χ3n) is 4.96. The van der Waals surface area contributed by atoms with E-state index in [4.69, 9.17) is 0 Å². The summed E-state index contributed by atoms with van der Waals surface area (Å²) in [6.45, 7) is 3.99. The van der Waals surface area contributed by atoms with Crippen molar-refractivity contribution in [3.63, 3.8) is 0 Å². The number of hydrogen-bond donors (Lipinski definition) is 1. The Kier molecular flexibility index (Phi) is 4.82. The summed E-state index contributed by atoms with van der Waals surface area (Å²) in [6.07, 6.45) is 5.78. The molecule has 7 nitrogen and oxygen atoms in total. The molecule has 1 N–H and O–H groups in total. The zero-order valence-electron chi connectivity index (χ0n) is 15.2. The molecule has 1 aromatic carbocycles. The zero-order valence-corrected chi connectivity index (χ0v) is 15.2. The number of pyridine rings is 1. The number of aromatic nitrogens is 4. The number of fused-ring (bicyclic) bond motifs is 1. The Hall–Kier alpha value is -3.22. The van der Waals surface area contributed by atoms with Crippen molar-refractivity contribution in [2.45, 2.75) is 32.5 Å². The van der Waals surface area contributed by atoms with E-state index < -0.39 is 6.04 Å². The highest BCUT2D eigenvalue weighted by Gasteiger charge is 2.20. The fraction of sp³-hybridized carbons (Fsp3) is 0.300. The highest BCUT2D eigenvalue weighted by atomic mass is 16.2. The number of carbonyl (C=O) groups is 1. The normalized spacial score (nSPS) is 14.5. The van der Waals surface area contributed by atoms with Crippen LogP contribution in [-0.2, 0) is 24.3 Å². The molecule has 1 atom stereocenters. The zero-order chi connectivity index (χ0) is 18.6. The van der Waals surface area contributed by atoms with Crippen molar-refractivity contribution in [2.75, 3.05) is 11.4 Å². The third kappa shape index (κ3) is 3.67. The van der Waals surface area contributed by atoms with E-state index in [0.29, 0.717) is 6.54 Å². The lowest BCUT2D eigenvalue weighted by Crippen LogP contribution is -2.34. The van der Waals surface area contributed by atoms with Gasteiger partial charge in [0.2, 0.25) is 5.91 Å². The van der Waals surface area contributed by atoms with E-state index in [1.165, 1.54) is 17.5 Å². The van der Waals surface area contributed by atoms with Gasteiger partial charge in [-0.05, 0) is 30.5 Å². The van der Waals surface area contributed by atoms with Gasteiger partial charge in [-0.3, -0.25) is 4.79 Å². The van der Waals surface area contributed by atoms with Gasteiger partial charge in [0, 0.05) is 31.4 Å². The highest BCUT2D eigenvalue weighted by molar-refractivity contribution is 5.79. The SMILES string of the molecule is CC(C(=O)NCc1cccnc1N1CCc2ccccc2C1)n1cncn1. The quantitative estimate of drug-likeness (QED) is 0.752. The van der Waals surface area contributed by atoms with E-state index >= 15 is 0 Å². The van der Waals surface area contributed by atoms with Crippen LogP contribution in [0.2, 0.25) is 0 Å². The Morgan fingerprint density at radius 2 is 2.07 bits per heavy atom. The molecule has 0 aliphatic carbocycles. The van der Waals surface area contributed by atoms with Gasteiger partial charge in [-0.25, -0.2) is 14.6 Å². The molecule has 0 fully saturated rings. The monoisotopic (exact) mass is 362 g/mol. The number of amides is 1. The van der Waals surface area contributed by atoms with Crippen LogP contribution in [0, 0.1) is 0 Å². The summed E-state index contributed by atoms with van der Waals surface area (Å²) in [5.74, 6) is 0.833. The second-order valence-electron chi connectivity index (χ2n) is 6.70. The molecule has 0 radical (unpaired) electrons. The molecule has 138 valence electrons. The third-order valence-corrected chi connectivity index (χ3v) is 4.96. The Bertz CT molecular complexity index is 924. The van der Waals surface area contributed by atoms with Crippen molar-refractivity contribution in [2.24, 2.45) is 0 Å². The van der Waals surface area contributed by atoms with E-state index in [2.05, 4.69) is 49.5 Å². The van der Waals surface area contributed by atoms with Crippen LogP contribution in [0.3, 0.4) is 0 Å². The second-order valence-corrected chi connectivity index (χ2v) is 6.70. The van der Waals surface area contributed by atoms with Crippen molar-refractivity contribution in [3.05, 3.63) is 71.9 Å². The number of nitrogens with one attached hydrogen (secondary N) is 1. The van der Waals surface area contributed by atoms with E-state index in [0.717, 1.165) is 30.9 Å². The topological polar surface area (TPSA) is 75.9 Å². The summed E-state index contributed by atoms with van der Waals surface area (Å²) in [6, 6.07) is 12.0. The molecule has 1 amide bonds. The van der Waals surface area contributed by atoms with E-state index in [1.807, 2.05) is 12.1 Å².